The average molecular weight is 489 g/mol. The number of carbonyl (C=O) groups excluding carboxylic acids is 2. The van der Waals surface area contributed by atoms with E-state index in [0.29, 0.717) is 30.8 Å². The molecule has 0 saturated carbocycles. The van der Waals surface area contributed by atoms with Crippen molar-refractivity contribution in [1.82, 2.24) is 4.90 Å². The third-order valence-corrected chi connectivity index (χ3v) is 9.18. The van der Waals surface area contributed by atoms with Gasteiger partial charge in [-0.25, -0.2) is 13.2 Å². The molecular formula is C24H28N2O5S2. The second kappa shape index (κ2) is 9.30. The summed E-state index contributed by atoms with van der Waals surface area (Å²) in [6.07, 6.45) is 7.03. The Labute approximate surface area is 198 Å². The van der Waals surface area contributed by atoms with Gasteiger partial charge in [-0.3, -0.25) is 9.52 Å². The zero-order valence-electron chi connectivity index (χ0n) is 19.0. The second-order valence-corrected chi connectivity index (χ2v) is 11.6. The van der Waals surface area contributed by atoms with Gasteiger partial charge in [0.1, 0.15) is 0 Å². The predicted octanol–water partition coefficient (Wildman–Crippen LogP) is 4.19. The van der Waals surface area contributed by atoms with E-state index in [1.807, 2.05) is 26.0 Å². The normalized spacial score (nSPS) is 18.0. The molecule has 1 aliphatic carbocycles. The molecule has 0 bridgehead atoms. The lowest BCUT2D eigenvalue weighted by molar-refractivity contribution is -0.136. The highest BCUT2D eigenvalue weighted by molar-refractivity contribution is 7.94. The zero-order valence-corrected chi connectivity index (χ0v) is 20.6. The van der Waals surface area contributed by atoms with E-state index in [1.54, 1.807) is 17.0 Å². The number of anilines is 1. The van der Waals surface area contributed by atoms with E-state index >= 15 is 0 Å². The fourth-order valence-electron chi connectivity index (χ4n) is 4.58. The maximum atomic E-state index is 13.3. The number of sulfonamides is 1. The lowest BCUT2D eigenvalue weighted by atomic mass is 9.92. The first-order valence-electron chi connectivity index (χ1n) is 11.0. The maximum Gasteiger partial charge on any atom is 0.340 e. The van der Waals surface area contributed by atoms with Crippen LogP contribution >= 0.6 is 11.3 Å². The molecule has 2 aromatic rings. The van der Waals surface area contributed by atoms with E-state index in [-0.39, 0.29) is 21.6 Å². The lowest BCUT2D eigenvalue weighted by Crippen LogP contribution is -2.39. The number of esters is 1. The number of fused-ring (bicyclic) bond motifs is 1. The first-order chi connectivity index (χ1) is 15.7. The van der Waals surface area contributed by atoms with E-state index < -0.39 is 16.0 Å². The van der Waals surface area contributed by atoms with Gasteiger partial charge in [0.05, 0.1) is 19.2 Å². The Kier molecular flexibility index (Phi) is 6.63. The Morgan fingerprint density at radius 1 is 1.15 bits per heavy atom. The van der Waals surface area contributed by atoms with Crippen molar-refractivity contribution in [1.29, 1.82) is 0 Å². The SMILES string of the molecule is COC(=O)c1c(S(=O)(=O)Nc2cc(C)cc(C)c2)sc2c1CCN(C(=O)[C@H]1CC=CCC1)C2. The third kappa shape index (κ3) is 4.84. The van der Waals surface area contributed by atoms with Crippen LogP contribution in [0.2, 0.25) is 0 Å². The number of hydrogen-bond acceptors (Lipinski definition) is 6. The van der Waals surface area contributed by atoms with Crippen LogP contribution in [0, 0.1) is 19.8 Å². The summed E-state index contributed by atoms with van der Waals surface area (Å²) in [5, 5.41) is 0. The predicted molar refractivity (Wildman–Crippen MR) is 128 cm³/mol. The lowest BCUT2D eigenvalue weighted by Gasteiger charge is -2.31. The van der Waals surface area contributed by atoms with Gasteiger partial charge in [-0.2, -0.15) is 0 Å². The highest BCUT2D eigenvalue weighted by Gasteiger charge is 2.36. The number of amides is 1. The van der Waals surface area contributed by atoms with Crippen molar-refractivity contribution in [3.63, 3.8) is 0 Å². The molecule has 0 radical (unpaired) electrons. The van der Waals surface area contributed by atoms with Gasteiger partial charge in [0.15, 0.2) is 4.21 Å². The number of nitrogens with one attached hydrogen (secondary N) is 1. The number of ether oxygens (including phenoxy) is 1. The summed E-state index contributed by atoms with van der Waals surface area (Å²) in [5.74, 6) is -0.618. The number of hydrogen-bond donors (Lipinski definition) is 1. The maximum absolute atomic E-state index is 13.3. The van der Waals surface area contributed by atoms with Gasteiger partial charge >= 0.3 is 5.97 Å². The third-order valence-electron chi connectivity index (χ3n) is 6.06. The molecule has 1 aromatic carbocycles. The van der Waals surface area contributed by atoms with Crippen molar-refractivity contribution < 1.29 is 22.7 Å². The molecule has 1 atom stereocenters. The van der Waals surface area contributed by atoms with Crippen LogP contribution < -0.4 is 4.72 Å². The van der Waals surface area contributed by atoms with Crippen LogP contribution in [-0.4, -0.2) is 38.8 Å². The van der Waals surface area contributed by atoms with Gasteiger partial charge in [0.2, 0.25) is 5.91 Å². The number of aryl methyl sites for hydroxylation is 2. The van der Waals surface area contributed by atoms with Gasteiger partial charge < -0.3 is 9.64 Å². The van der Waals surface area contributed by atoms with E-state index in [2.05, 4.69) is 10.8 Å². The van der Waals surface area contributed by atoms with Gasteiger partial charge in [-0.05, 0) is 68.4 Å². The fraction of sp³-hybridized carbons (Fsp3) is 0.417. The number of thiophene rings is 1. The van der Waals surface area contributed by atoms with Gasteiger partial charge in [0, 0.05) is 23.0 Å². The molecule has 0 fully saturated rings. The topological polar surface area (TPSA) is 92.8 Å². The molecule has 1 aliphatic heterocycles. The fourth-order valence-corrected chi connectivity index (χ4v) is 7.52. The minimum Gasteiger partial charge on any atom is -0.465 e. The van der Waals surface area contributed by atoms with Crippen LogP contribution in [0.1, 0.15) is 51.2 Å². The summed E-state index contributed by atoms with van der Waals surface area (Å²) in [6.45, 7) is 4.54. The molecule has 2 aliphatic rings. The highest BCUT2D eigenvalue weighted by Crippen LogP contribution is 2.38. The van der Waals surface area contributed by atoms with E-state index in [4.69, 9.17) is 4.74 Å². The van der Waals surface area contributed by atoms with Crippen molar-refractivity contribution in [2.75, 3.05) is 18.4 Å². The van der Waals surface area contributed by atoms with Gasteiger partial charge in [0.25, 0.3) is 10.0 Å². The zero-order chi connectivity index (χ0) is 23.8. The summed E-state index contributed by atoms with van der Waals surface area (Å²) < 4.78 is 34.2. The summed E-state index contributed by atoms with van der Waals surface area (Å²) in [4.78, 5) is 28.2. The molecular weight excluding hydrogens is 460 g/mol. The van der Waals surface area contributed by atoms with Crippen LogP contribution in [0.4, 0.5) is 5.69 Å². The molecule has 2 heterocycles. The van der Waals surface area contributed by atoms with Crippen LogP contribution in [0.5, 0.6) is 0 Å². The van der Waals surface area contributed by atoms with Crippen molar-refractivity contribution >= 4 is 38.9 Å². The largest absolute Gasteiger partial charge is 0.465 e. The number of allylic oxidation sites excluding steroid dienone is 2. The van der Waals surface area contributed by atoms with E-state index in [0.717, 1.165) is 46.6 Å². The number of rotatable bonds is 5. The van der Waals surface area contributed by atoms with Crippen LogP contribution in [0.15, 0.2) is 34.6 Å². The van der Waals surface area contributed by atoms with Crippen LogP contribution in [-0.2, 0) is 32.5 Å². The quantitative estimate of drug-likeness (QED) is 0.503. The van der Waals surface area contributed by atoms with E-state index in [1.165, 1.54) is 7.11 Å². The molecule has 0 saturated heterocycles. The summed E-state index contributed by atoms with van der Waals surface area (Å²) in [6, 6.07) is 5.44. The summed E-state index contributed by atoms with van der Waals surface area (Å²) >= 11 is 1.05. The number of nitrogens with zero attached hydrogens (tertiary/aromatic N) is 1. The average Bonchev–Trinajstić information content (AvgIpc) is 3.17. The van der Waals surface area contributed by atoms with Crippen molar-refractivity contribution in [2.45, 2.75) is 50.3 Å². The Morgan fingerprint density at radius 3 is 2.52 bits per heavy atom. The molecule has 176 valence electrons. The molecule has 33 heavy (non-hydrogen) atoms. The number of carbonyl (C=O) groups is 2. The summed E-state index contributed by atoms with van der Waals surface area (Å²) in [7, 11) is -2.78. The Hall–Kier alpha value is -2.65. The Morgan fingerprint density at radius 2 is 1.88 bits per heavy atom. The molecule has 0 spiro atoms. The number of benzene rings is 1. The number of methoxy groups -OCH3 is 1. The standard InChI is InChI=1S/C24H28N2O5S2/c1-15-11-16(2)13-18(12-15)25-33(29,30)24-21(23(28)31-3)19-9-10-26(14-20(19)32-24)22(27)17-7-5-4-6-8-17/h4-5,11-13,17,25H,6-10,14H2,1-3H3/t17-/m0/s1. The van der Waals surface area contributed by atoms with Crippen LogP contribution in [0.3, 0.4) is 0 Å². The van der Waals surface area contributed by atoms with Gasteiger partial charge in [-0.15, -0.1) is 11.3 Å². The monoisotopic (exact) mass is 488 g/mol. The molecule has 9 heteroatoms. The minimum absolute atomic E-state index is 0.0361. The molecule has 0 unspecified atom stereocenters. The molecule has 4 rings (SSSR count). The highest BCUT2D eigenvalue weighted by atomic mass is 32.2. The first-order valence-corrected chi connectivity index (χ1v) is 13.3. The van der Waals surface area contributed by atoms with Gasteiger partial charge in [-0.1, -0.05) is 18.2 Å². The van der Waals surface area contributed by atoms with Crippen molar-refractivity contribution in [3.8, 4) is 0 Å². The first kappa shape index (κ1) is 23.5. The Balaban J connectivity index is 1.67. The van der Waals surface area contributed by atoms with Crippen LogP contribution in [0.25, 0.3) is 0 Å². The molecule has 7 nitrogen and oxygen atoms in total. The second-order valence-electron chi connectivity index (χ2n) is 8.63. The Bertz CT molecular complexity index is 1210. The smallest absolute Gasteiger partial charge is 0.340 e. The van der Waals surface area contributed by atoms with Crippen molar-refractivity contribution in [2.24, 2.45) is 5.92 Å². The minimum atomic E-state index is -4.03. The van der Waals surface area contributed by atoms with E-state index in [9.17, 15) is 18.0 Å². The van der Waals surface area contributed by atoms with Crippen molar-refractivity contribution in [3.05, 3.63) is 57.5 Å². The molecule has 1 aromatic heterocycles. The summed E-state index contributed by atoms with van der Waals surface area (Å²) in [5.41, 5.74) is 3.05. The molecule has 1 N–H and O–H groups in total. The molecule has 1 amide bonds.